The molecule has 0 aromatic carbocycles. The van der Waals surface area contributed by atoms with Gasteiger partial charge in [-0.05, 0) is 38.8 Å². The van der Waals surface area contributed by atoms with Gasteiger partial charge in [0, 0.05) is 18.1 Å². The number of hydrogen-bond donors (Lipinski definition) is 1. The van der Waals surface area contributed by atoms with Crippen molar-refractivity contribution in [1.29, 1.82) is 0 Å². The van der Waals surface area contributed by atoms with Gasteiger partial charge < -0.3 is 5.32 Å². The molecule has 0 amide bonds. The van der Waals surface area contributed by atoms with E-state index in [-0.39, 0.29) is 0 Å². The van der Waals surface area contributed by atoms with E-state index in [0.717, 1.165) is 24.7 Å². The van der Waals surface area contributed by atoms with E-state index in [0.29, 0.717) is 0 Å². The molecular formula is C18H36N2. The molecule has 2 saturated carbocycles. The molecule has 2 rings (SSSR count). The van der Waals surface area contributed by atoms with Gasteiger partial charge in [-0.15, -0.1) is 0 Å². The van der Waals surface area contributed by atoms with Crippen LogP contribution in [0.5, 0.6) is 0 Å². The van der Waals surface area contributed by atoms with Gasteiger partial charge in [0.2, 0.25) is 0 Å². The fourth-order valence-corrected chi connectivity index (χ4v) is 4.54. The summed E-state index contributed by atoms with van der Waals surface area (Å²) >= 11 is 0. The van der Waals surface area contributed by atoms with Crippen LogP contribution in [-0.2, 0) is 0 Å². The molecule has 0 aliphatic heterocycles. The largest absolute Gasteiger partial charge is 0.313 e. The van der Waals surface area contributed by atoms with Crippen molar-refractivity contribution < 1.29 is 0 Å². The first-order valence-corrected chi connectivity index (χ1v) is 9.36. The van der Waals surface area contributed by atoms with Crippen molar-refractivity contribution in [2.75, 3.05) is 13.1 Å². The predicted octanol–water partition coefficient (Wildman–Crippen LogP) is 4.34. The van der Waals surface area contributed by atoms with Crippen LogP contribution in [0.25, 0.3) is 0 Å². The summed E-state index contributed by atoms with van der Waals surface area (Å²) in [5.41, 5.74) is 0. The highest BCUT2D eigenvalue weighted by atomic mass is 15.2. The first kappa shape index (κ1) is 16.3. The zero-order chi connectivity index (χ0) is 14.2. The van der Waals surface area contributed by atoms with Gasteiger partial charge >= 0.3 is 0 Å². The average molecular weight is 281 g/mol. The Labute approximate surface area is 126 Å². The second-order valence-corrected chi connectivity index (χ2v) is 6.85. The molecule has 0 aromatic rings. The first-order chi connectivity index (χ1) is 9.86. The Bertz CT molecular complexity index is 248. The number of nitrogens with zero attached hydrogens (tertiary/aromatic N) is 1. The molecular weight excluding hydrogens is 244 g/mol. The molecule has 0 saturated heterocycles. The van der Waals surface area contributed by atoms with Gasteiger partial charge in [0.1, 0.15) is 0 Å². The lowest BCUT2D eigenvalue weighted by Gasteiger charge is -2.44. The Hall–Kier alpha value is -0.0800. The Morgan fingerprint density at radius 1 is 0.800 bits per heavy atom. The Morgan fingerprint density at radius 3 is 2.05 bits per heavy atom. The van der Waals surface area contributed by atoms with E-state index in [4.69, 9.17) is 0 Å². The van der Waals surface area contributed by atoms with Crippen LogP contribution >= 0.6 is 0 Å². The van der Waals surface area contributed by atoms with Crippen LogP contribution in [0.3, 0.4) is 0 Å². The summed E-state index contributed by atoms with van der Waals surface area (Å²) < 4.78 is 0. The molecule has 118 valence electrons. The van der Waals surface area contributed by atoms with E-state index < -0.39 is 0 Å². The quantitative estimate of drug-likeness (QED) is 0.806. The summed E-state index contributed by atoms with van der Waals surface area (Å²) in [5.74, 6) is 0. The second-order valence-electron chi connectivity index (χ2n) is 6.85. The highest BCUT2D eigenvalue weighted by Crippen LogP contribution is 2.29. The highest BCUT2D eigenvalue weighted by Gasteiger charge is 2.31. The lowest BCUT2D eigenvalue weighted by atomic mass is 9.87. The lowest BCUT2D eigenvalue weighted by Crippen LogP contribution is -2.54. The minimum absolute atomic E-state index is 0.738. The Balaban J connectivity index is 2.04. The molecule has 0 radical (unpaired) electrons. The van der Waals surface area contributed by atoms with Crippen molar-refractivity contribution in [3.8, 4) is 0 Å². The molecule has 2 unspecified atom stereocenters. The number of hydrogen-bond acceptors (Lipinski definition) is 2. The maximum atomic E-state index is 3.81. The molecule has 20 heavy (non-hydrogen) atoms. The summed E-state index contributed by atoms with van der Waals surface area (Å²) in [4.78, 5) is 2.89. The van der Waals surface area contributed by atoms with Crippen LogP contribution in [0.4, 0.5) is 0 Å². The lowest BCUT2D eigenvalue weighted by molar-refractivity contribution is 0.0729. The number of likely N-dealkylation sites (N-methyl/N-ethyl adjacent to an activating group) is 2. The smallest absolute Gasteiger partial charge is 0.0252 e. The van der Waals surface area contributed by atoms with Gasteiger partial charge in [-0.3, -0.25) is 4.90 Å². The molecule has 2 heteroatoms. The third kappa shape index (κ3) is 4.46. The molecule has 2 fully saturated rings. The Kier molecular flexibility index (Phi) is 7.37. The monoisotopic (exact) mass is 280 g/mol. The third-order valence-corrected chi connectivity index (χ3v) is 5.53. The van der Waals surface area contributed by atoms with Crippen LogP contribution in [0.2, 0.25) is 0 Å². The molecule has 0 heterocycles. The van der Waals surface area contributed by atoms with Gasteiger partial charge in [0.05, 0.1) is 0 Å². The van der Waals surface area contributed by atoms with E-state index in [1.807, 2.05) is 0 Å². The van der Waals surface area contributed by atoms with Crippen LogP contribution in [0, 0.1) is 0 Å². The zero-order valence-corrected chi connectivity index (χ0v) is 13.9. The van der Waals surface area contributed by atoms with Crippen LogP contribution < -0.4 is 5.32 Å². The van der Waals surface area contributed by atoms with Crippen molar-refractivity contribution in [1.82, 2.24) is 10.2 Å². The molecule has 0 bridgehead atoms. The molecule has 1 N–H and O–H groups in total. The molecule has 2 atom stereocenters. The molecule has 0 aromatic heterocycles. The third-order valence-electron chi connectivity index (χ3n) is 5.53. The van der Waals surface area contributed by atoms with Crippen LogP contribution in [0.1, 0.15) is 84.5 Å². The van der Waals surface area contributed by atoms with Crippen molar-refractivity contribution in [3.63, 3.8) is 0 Å². The van der Waals surface area contributed by atoms with Gasteiger partial charge in [-0.2, -0.15) is 0 Å². The summed E-state index contributed by atoms with van der Waals surface area (Å²) in [6.45, 7) is 7.03. The fourth-order valence-electron chi connectivity index (χ4n) is 4.54. The minimum Gasteiger partial charge on any atom is -0.313 e. The van der Waals surface area contributed by atoms with Crippen LogP contribution in [0.15, 0.2) is 0 Å². The number of nitrogens with one attached hydrogen (secondary N) is 1. The van der Waals surface area contributed by atoms with Gasteiger partial charge in [0.15, 0.2) is 0 Å². The van der Waals surface area contributed by atoms with E-state index in [1.165, 1.54) is 77.2 Å². The molecule has 2 aliphatic rings. The van der Waals surface area contributed by atoms with Crippen molar-refractivity contribution in [2.24, 2.45) is 0 Å². The Morgan fingerprint density at radius 2 is 1.40 bits per heavy atom. The summed E-state index contributed by atoms with van der Waals surface area (Å²) in [5, 5.41) is 3.81. The van der Waals surface area contributed by atoms with E-state index in [2.05, 4.69) is 24.1 Å². The van der Waals surface area contributed by atoms with E-state index in [9.17, 15) is 0 Å². The second kappa shape index (κ2) is 9.04. The summed E-state index contributed by atoms with van der Waals surface area (Å²) in [6, 6.07) is 2.41. The molecule has 2 nitrogen and oxygen atoms in total. The highest BCUT2D eigenvalue weighted by molar-refractivity contribution is 4.89. The number of rotatable bonds is 5. The maximum Gasteiger partial charge on any atom is 0.0252 e. The fraction of sp³-hybridized carbons (Fsp3) is 1.00. The predicted molar refractivity (Wildman–Crippen MR) is 88.2 cm³/mol. The van der Waals surface area contributed by atoms with E-state index in [1.54, 1.807) is 0 Å². The summed E-state index contributed by atoms with van der Waals surface area (Å²) in [7, 11) is 0. The van der Waals surface area contributed by atoms with E-state index >= 15 is 0 Å². The van der Waals surface area contributed by atoms with Gasteiger partial charge in [-0.1, -0.05) is 58.8 Å². The minimum atomic E-state index is 0.738. The average Bonchev–Trinajstić information content (AvgIpc) is 2.47. The normalized spacial score (nSPS) is 30.1. The van der Waals surface area contributed by atoms with Crippen LogP contribution in [-0.4, -0.2) is 36.1 Å². The zero-order valence-electron chi connectivity index (χ0n) is 13.9. The van der Waals surface area contributed by atoms with Crippen molar-refractivity contribution >= 4 is 0 Å². The standard InChI is InChI=1S/C18H36N2/c1-3-19-17-14-10-5-6-11-15-18(17)20(4-2)16-12-8-7-9-13-16/h16-19H,3-15H2,1-2H3. The molecule has 2 aliphatic carbocycles. The topological polar surface area (TPSA) is 15.3 Å². The SMILES string of the molecule is CCNC1CCCCCCC1N(CC)C1CCCCC1. The first-order valence-electron chi connectivity index (χ1n) is 9.36. The van der Waals surface area contributed by atoms with Crippen molar-refractivity contribution in [2.45, 2.75) is 103 Å². The molecule has 0 spiro atoms. The maximum absolute atomic E-state index is 3.81. The summed E-state index contributed by atoms with van der Waals surface area (Å²) in [6.07, 6.45) is 15.9. The van der Waals surface area contributed by atoms with Gasteiger partial charge in [0.25, 0.3) is 0 Å². The van der Waals surface area contributed by atoms with Gasteiger partial charge in [-0.25, -0.2) is 0 Å². The van der Waals surface area contributed by atoms with Crippen molar-refractivity contribution in [3.05, 3.63) is 0 Å².